The maximum Gasteiger partial charge on any atom is 0.343 e. The average Bonchev–Trinajstić information content (AvgIpc) is 2.87. The van der Waals surface area contributed by atoms with Crippen molar-refractivity contribution in [3.05, 3.63) is 10.5 Å². The number of rotatable bonds is 6. The summed E-state index contributed by atoms with van der Waals surface area (Å²) < 4.78 is 1.49. The Morgan fingerprint density at radius 2 is 2.09 bits per heavy atom. The van der Waals surface area contributed by atoms with Crippen LogP contribution in [0.4, 0.5) is 4.79 Å². The maximum atomic E-state index is 11.8. The number of hydrogen-bond acceptors (Lipinski definition) is 5. The smallest absolute Gasteiger partial charge is 0.335 e. The van der Waals surface area contributed by atoms with E-state index < -0.39 is 11.9 Å². The molecule has 1 fully saturated rings. The van der Waals surface area contributed by atoms with Gasteiger partial charge in [0, 0.05) is 12.6 Å². The van der Waals surface area contributed by atoms with Gasteiger partial charge in [-0.05, 0) is 19.3 Å². The van der Waals surface area contributed by atoms with E-state index in [1.165, 1.54) is 11.0 Å². The van der Waals surface area contributed by atoms with E-state index in [-0.39, 0.29) is 17.5 Å². The van der Waals surface area contributed by atoms with Gasteiger partial charge in [0.15, 0.2) is 5.16 Å². The molecule has 0 unspecified atom stereocenters. The van der Waals surface area contributed by atoms with Gasteiger partial charge in [0.1, 0.15) is 0 Å². The molecule has 8 nitrogen and oxygen atoms in total. The Hall–Kier alpha value is -1.77. The average molecular weight is 341 g/mol. The molecular formula is C14H23N5O3S. The molecule has 0 bridgehead atoms. The molecule has 23 heavy (non-hydrogen) atoms. The number of carbonyl (C=O) groups excluding carboxylic acids is 2. The minimum atomic E-state index is -0.449. The van der Waals surface area contributed by atoms with Crippen molar-refractivity contribution in [3.8, 4) is 0 Å². The number of nitrogens with zero attached hydrogens (tertiary/aromatic N) is 2. The van der Waals surface area contributed by atoms with E-state index in [2.05, 4.69) is 20.8 Å². The van der Waals surface area contributed by atoms with Crippen LogP contribution in [0.25, 0.3) is 0 Å². The van der Waals surface area contributed by atoms with Crippen LogP contribution in [0.2, 0.25) is 0 Å². The van der Waals surface area contributed by atoms with Crippen LogP contribution >= 0.6 is 11.8 Å². The van der Waals surface area contributed by atoms with Crippen LogP contribution in [0, 0.1) is 0 Å². The van der Waals surface area contributed by atoms with Crippen LogP contribution in [-0.2, 0) is 11.3 Å². The molecule has 1 heterocycles. The lowest BCUT2D eigenvalue weighted by atomic mass is 9.96. The number of amides is 3. The highest BCUT2D eigenvalue weighted by Gasteiger charge is 2.17. The first-order valence-electron chi connectivity index (χ1n) is 7.98. The van der Waals surface area contributed by atoms with Gasteiger partial charge < -0.3 is 5.32 Å². The predicted molar refractivity (Wildman–Crippen MR) is 87.4 cm³/mol. The topological polar surface area (TPSA) is 109 Å². The molecule has 1 saturated carbocycles. The van der Waals surface area contributed by atoms with Gasteiger partial charge in [-0.1, -0.05) is 37.9 Å². The molecule has 3 N–H and O–H groups in total. The molecule has 1 aliphatic rings. The normalized spacial score (nSPS) is 15.3. The van der Waals surface area contributed by atoms with Gasteiger partial charge >= 0.3 is 11.7 Å². The van der Waals surface area contributed by atoms with E-state index in [0.717, 1.165) is 43.9 Å². The Labute approximate surface area is 138 Å². The van der Waals surface area contributed by atoms with Crippen LogP contribution < -0.4 is 16.3 Å². The molecule has 0 saturated heterocycles. The number of H-pyrrole nitrogens is 1. The van der Waals surface area contributed by atoms with Crippen molar-refractivity contribution in [1.82, 2.24) is 25.4 Å². The number of aromatic nitrogens is 3. The Bertz CT molecular complexity index is 591. The fraction of sp³-hybridized carbons (Fsp3) is 0.714. The van der Waals surface area contributed by atoms with Crippen molar-refractivity contribution < 1.29 is 9.59 Å². The number of hydrogen-bond donors (Lipinski definition) is 3. The zero-order valence-corrected chi connectivity index (χ0v) is 14.1. The minimum absolute atomic E-state index is 0.0338. The van der Waals surface area contributed by atoms with E-state index in [1.54, 1.807) is 0 Å². The molecule has 1 aromatic heterocycles. The van der Waals surface area contributed by atoms with Crippen LogP contribution in [-0.4, -0.2) is 38.5 Å². The van der Waals surface area contributed by atoms with Crippen molar-refractivity contribution in [2.24, 2.45) is 0 Å². The lowest BCUT2D eigenvalue weighted by Gasteiger charge is -2.22. The monoisotopic (exact) mass is 341 g/mol. The van der Waals surface area contributed by atoms with Gasteiger partial charge in [0.25, 0.3) is 0 Å². The predicted octanol–water partition coefficient (Wildman–Crippen LogP) is 1.23. The van der Waals surface area contributed by atoms with Gasteiger partial charge in [0.05, 0.1) is 5.75 Å². The first kappa shape index (κ1) is 17.6. The van der Waals surface area contributed by atoms with Gasteiger partial charge in [-0.15, -0.1) is 5.10 Å². The fourth-order valence-corrected chi connectivity index (χ4v) is 3.37. The summed E-state index contributed by atoms with van der Waals surface area (Å²) in [5, 5.41) is 11.9. The molecule has 1 aliphatic carbocycles. The molecule has 0 spiro atoms. The van der Waals surface area contributed by atoms with Crippen molar-refractivity contribution in [2.75, 3.05) is 5.75 Å². The largest absolute Gasteiger partial charge is 0.343 e. The number of imide groups is 1. The molecule has 0 aromatic carbocycles. The first-order valence-corrected chi connectivity index (χ1v) is 8.97. The molecule has 128 valence electrons. The van der Waals surface area contributed by atoms with Crippen LogP contribution in [0.15, 0.2) is 9.95 Å². The highest BCUT2D eigenvalue weighted by molar-refractivity contribution is 7.99. The summed E-state index contributed by atoms with van der Waals surface area (Å²) in [7, 11) is 0. The molecular weight excluding hydrogens is 318 g/mol. The molecule has 2 rings (SSSR count). The van der Waals surface area contributed by atoms with Crippen LogP contribution in [0.1, 0.15) is 45.4 Å². The standard InChI is InChI=1S/C14H23N5O3S/c1-2-8-19-13(22)17-18-14(19)23-9-11(20)16-12(21)15-10-6-4-3-5-7-10/h10H,2-9H2,1H3,(H,17,22)(H2,15,16,20,21). The SMILES string of the molecule is CCCn1c(SCC(=O)NC(=O)NC2CCCCC2)n[nH]c1=O. The van der Waals surface area contributed by atoms with Crippen molar-refractivity contribution in [2.45, 2.75) is 63.2 Å². The van der Waals surface area contributed by atoms with Gasteiger partial charge in [-0.25, -0.2) is 14.7 Å². The van der Waals surface area contributed by atoms with Crippen molar-refractivity contribution in [3.63, 3.8) is 0 Å². The van der Waals surface area contributed by atoms with Gasteiger partial charge in [-0.2, -0.15) is 0 Å². The summed E-state index contributed by atoms with van der Waals surface area (Å²) in [6.07, 6.45) is 6.16. The zero-order chi connectivity index (χ0) is 16.7. The molecule has 0 aliphatic heterocycles. The third-order valence-corrected chi connectivity index (χ3v) is 4.67. The Balaban J connectivity index is 1.76. The second-order valence-electron chi connectivity index (χ2n) is 5.61. The molecule has 0 radical (unpaired) electrons. The number of urea groups is 1. The summed E-state index contributed by atoms with van der Waals surface area (Å²) in [5.41, 5.74) is -0.287. The summed E-state index contributed by atoms with van der Waals surface area (Å²) in [6.45, 7) is 2.50. The van der Waals surface area contributed by atoms with Crippen LogP contribution in [0.3, 0.4) is 0 Å². The highest BCUT2D eigenvalue weighted by Crippen LogP contribution is 2.17. The summed E-state index contributed by atoms with van der Waals surface area (Å²) in [6, 6.07) is -0.291. The number of thioether (sulfide) groups is 1. The third-order valence-electron chi connectivity index (χ3n) is 3.70. The zero-order valence-electron chi connectivity index (χ0n) is 13.3. The first-order chi connectivity index (χ1) is 11.1. The Kier molecular flexibility index (Phi) is 6.69. The van der Waals surface area contributed by atoms with E-state index >= 15 is 0 Å². The number of aromatic amines is 1. The molecule has 9 heteroatoms. The second-order valence-corrected chi connectivity index (χ2v) is 6.55. The van der Waals surface area contributed by atoms with Gasteiger partial charge in [-0.3, -0.25) is 14.7 Å². The lowest BCUT2D eigenvalue weighted by molar-refractivity contribution is -0.117. The van der Waals surface area contributed by atoms with E-state index in [0.29, 0.717) is 11.7 Å². The highest BCUT2D eigenvalue weighted by atomic mass is 32.2. The van der Waals surface area contributed by atoms with E-state index in [1.807, 2.05) is 6.92 Å². The molecule has 3 amide bonds. The maximum absolute atomic E-state index is 11.8. The molecule has 0 atom stereocenters. The summed E-state index contributed by atoms with van der Waals surface area (Å²) in [4.78, 5) is 35.1. The Morgan fingerprint density at radius 1 is 1.35 bits per heavy atom. The fourth-order valence-electron chi connectivity index (χ4n) is 2.60. The number of carbonyl (C=O) groups is 2. The summed E-state index contributed by atoms with van der Waals surface area (Å²) >= 11 is 1.13. The van der Waals surface area contributed by atoms with Crippen molar-refractivity contribution in [1.29, 1.82) is 0 Å². The number of nitrogens with one attached hydrogen (secondary N) is 3. The second kappa shape index (κ2) is 8.76. The quantitative estimate of drug-likeness (QED) is 0.674. The van der Waals surface area contributed by atoms with E-state index in [9.17, 15) is 14.4 Å². The van der Waals surface area contributed by atoms with Gasteiger partial charge in [0.2, 0.25) is 5.91 Å². The Morgan fingerprint density at radius 3 is 2.78 bits per heavy atom. The van der Waals surface area contributed by atoms with Crippen LogP contribution in [0.5, 0.6) is 0 Å². The van der Waals surface area contributed by atoms with Crippen molar-refractivity contribution >= 4 is 23.7 Å². The molecule has 1 aromatic rings. The van der Waals surface area contributed by atoms with E-state index in [4.69, 9.17) is 0 Å². The third kappa shape index (κ3) is 5.42. The summed E-state index contributed by atoms with van der Waals surface area (Å²) in [5.74, 6) is -0.367. The minimum Gasteiger partial charge on any atom is -0.335 e. The lowest BCUT2D eigenvalue weighted by Crippen LogP contribution is -2.45.